The predicted molar refractivity (Wildman–Crippen MR) is 87.9 cm³/mol. The van der Waals surface area contributed by atoms with Crippen LogP contribution in [0.5, 0.6) is 0 Å². The maximum Gasteiger partial charge on any atom is 0.254 e. The highest BCUT2D eigenvalue weighted by molar-refractivity contribution is 7.15. The van der Waals surface area contributed by atoms with Gasteiger partial charge in [0, 0.05) is 24.6 Å². The molecule has 0 unspecified atom stereocenters. The Morgan fingerprint density at radius 3 is 2.76 bits per heavy atom. The first kappa shape index (κ1) is 15.5. The van der Waals surface area contributed by atoms with Crippen molar-refractivity contribution >= 4 is 22.2 Å². The number of ether oxygens (including phenoxy) is 1. The van der Waals surface area contributed by atoms with Crippen LogP contribution in [0.1, 0.15) is 21.5 Å². The van der Waals surface area contributed by atoms with Crippen molar-refractivity contribution in [1.29, 1.82) is 0 Å². The third-order valence-electron chi connectivity index (χ3n) is 3.46. The summed E-state index contributed by atoms with van der Waals surface area (Å²) in [5.74, 6) is -0.154. The number of thiophene rings is 1. The summed E-state index contributed by atoms with van der Waals surface area (Å²) in [5, 5.41) is 5.30. The lowest BCUT2D eigenvalue weighted by Gasteiger charge is -2.09. The Labute approximate surface area is 128 Å². The summed E-state index contributed by atoms with van der Waals surface area (Å²) in [6.07, 6.45) is 0. The standard InChI is InChI=1S/C16H20N2O2S/c1-10-4-5-12(8-11(10)2)13-9-21-15(17)14(13)16(19)18-6-7-20-3/h4-5,8-9H,6-7,17H2,1-3H3,(H,18,19). The Kier molecular flexibility index (Phi) is 4.98. The molecule has 1 aromatic heterocycles. The van der Waals surface area contributed by atoms with Gasteiger partial charge in [-0.1, -0.05) is 18.2 Å². The second-order valence-corrected chi connectivity index (χ2v) is 5.85. The number of hydrogen-bond donors (Lipinski definition) is 2. The van der Waals surface area contributed by atoms with E-state index in [0.29, 0.717) is 23.7 Å². The number of aryl methyl sites for hydroxylation is 2. The van der Waals surface area contributed by atoms with Gasteiger partial charge in [-0.2, -0.15) is 0 Å². The van der Waals surface area contributed by atoms with Gasteiger partial charge < -0.3 is 15.8 Å². The topological polar surface area (TPSA) is 64.3 Å². The Morgan fingerprint density at radius 2 is 2.10 bits per heavy atom. The summed E-state index contributed by atoms with van der Waals surface area (Å²) in [7, 11) is 1.60. The number of rotatable bonds is 5. The van der Waals surface area contributed by atoms with Gasteiger partial charge in [-0.15, -0.1) is 11.3 Å². The van der Waals surface area contributed by atoms with Gasteiger partial charge in [0.25, 0.3) is 5.91 Å². The molecule has 0 aliphatic rings. The first-order chi connectivity index (χ1) is 10.0. The van der Waals surface area contributed by atoms with E-state index in [1.54, 1.807) is 7.11 Å². The van der Waals surface area contributed by atoms with Gasteiger partial charge in [-0.25, -0.2) is 0 Å². The van der Waals surface area contributed by atoms with Crippen molar-refractivity contribution in [3.8, 4) is 11.1 Å². The van der Waals surface area contributed by atoms with Crippen LogP contribution >= 0.6 is 11.3 Å². The molecule has 3 N–H and O–H groups in total. The number of nitrogens with two attached hydrogens (primary N) is 1. The van der Waals surface area contributed by atoms with Crippen LogP contribution < -0.4 is 11.1 Å². The lowest BCUT2D eigenvalue weighted by Crippen LogP contribution is -2.27. The summed E-state index contributed by atoms with van der Waals surface area (Å²) in [5.41, 5.74) is 10.9. The molecule has 1 amide bonds. The summed E-state index contributed by atoms with van der Waals surface area (Å²) in [6, 6.07) is 6.17. The third-order valence-corrected chi connectivity index (χ3v) is 4.27. The van der Waals surface area contributed by atoms with Crippen LogP contribution in [0.3, 0.4) is 0 Å². The Bertz CT molecular complexity index is 650. The van der Waals surface area contributed by atoms with E-state index in [9.17, 15) is 4.79 Å². The number of nitrogens with one attached hydrogen (secondary N) is 1. The second kappa shape index (κ2) is 6.74. The van der Waals surface area contributed by atoms with Gasteiger partial charge in [-0.3, -0.25) is 4.79 Å². The minimum atomic E-state index is -0.154. The molecule has 1 heterocycles. The van der Waals surface area contributed by atoms with Crippen molar-refractivity contribution in [2.75, 3.05) is 26.0 Å². The molecule has 4 nitrogen and oxygen atoms in total. The third kappa shape index (κ3) is 3.43. The molecule has 21 heavy (non-hydrogen) atoms. The van der Waals surface area contributed by atoms with Crippen molar-refractivity contribution in [2.24, 2.45) is 0 Å². The van der Waals surface area contributed by atoms with E-state index >= 15 is 0 Å². The molecule has 0 fully saturated rings. The van der Waals surface area contributed by atoms with Crippen molar-refractivity contribution in [3.63, 3.8) is 0 Å². The molecule has 1 aromatic carbocycles. The molecule has 0 aliphatic carbocycles. The van der Waals surface area contributed by atoms with Crippen LogP contribution in [-0.4, -0.2) is 26.2 Å². The van der Waals surface area contributed by atoms with Gasteiger partial charge in [0.15, 0.2) is 0 Å². The fourth-order valence-corrected chi connectivity index (χ4v) is 2.90. The maximum absolute atomic E-state index is 12.3. The molecule has 0 bridgehead atoms. The van der Waals surface area contributed by atoms with E-state index < -0.39 is 0 Å². The zero-order chi connectivity index (χ0) is 15.4. The van der Waals surface area contributed by atoms with E-state index in [1.807, 2.05) is 11.4 Å². The van der Waals surface area contributed by atoms with E-state index in [0.717, 1.165) is 11.1 Å². The Morgan fingerprint density at radius 1 is 1.33 bits per heavy atom. The summed E-state index contributed by atoms with van der Waals surface area (Å²) in [6.45, 7) is 5.08. The van der Waals surface area contributed by atoms with Gasteiger partial charge in [-0.05, 0) is 30.5 Å². The number of carbonyl (C=O) groups excluding carboxylic acids is 1. The molecule has 0 radical (unpaired) electrons. The number of amides is 1. The number of nitrogen functional groups attached to an aromatic ring is 1. The molecular formula is C16H20N2O2S. The van der Waals surface area contributed by atoms with E-state index in [-0.39, 0.29) is 5.91 Å². The molecular weight excluding hydrogens is 284 g/mol. The molecule has 0 atom stereocenters. The SMILES string of the molecule is COCCNC(=O)c1c(-c2ccc(C)c(C)c2)csc1N. The van der Waals surface area contributed by atoms with Gasteiger partial charge in [0.1, 0.15) is 0 Å². The minimum absolute atomic E-state index is 0.154. The van der Waals surface area contributed by atoms with Crippen LogP contribution in [0.4, 0.5) is 5.00 Å². The van der Waals surface area contributed by atoms with Crippen LogP contribution in [0.25, 0.3) is 11.1 Å². The first-order valence-corrected chi connectivity index (χ1v) is 7.64. The fraction of sp³-hybridized carbons (Fsp3) is 0.312. The highest BCUT2D eigenvalue weighted by atomic mass is 32.1. The number of anilines is 1. The molecule has 112 valence electrons. The summed E-state index contributed by atoms with van der Waals surface area (Å²) >= 11 is 1.39. The van der Waals surface area contributed by atoms with Crippen LogP contribution in [0, 0.1) is 13.8 Å². The summed E-state index contributed by atoms with van der Waals surface area (Å²) in [4.78, 5) is 12.3. The number of methoxy groups -OCH3 is 1. The van der Waals surface area contributed by atoms with Gasteiger partial charge in [0.05, 0.1) is 17.2 Å². The Balaban J connectivity index is 2.33. The average molecular weight is 304 g/mol. The largest absolute Gasteiger partial charge is 0.390 e. The average Bonchev–Trinajstić information content (AvgIpc) is 2.84. The van der Waals surface area contributed by atoms with E-state index in [1.165, 1.54) is 22.5 Å². The minimum Gasteiger partial charge on any atom is -0.390 e. The normalized spacial score (nSPS) is 10.6. The zero-order valence-electron chi connectivity index (χ0n) is 12.5. The second-order valence-electron chi connectivity index (χ2n) is 4.94. The predicted octanol–water partition coefficient (Wildman–Crippen LogP) is 2.99. The molecule has 0 saturated heterocycles. The van der Waals surface area contributed by atoms with E-state index in [2.05, 4.69) is 31.3 Å². The molecule has 0 saturated carbocycles. The van der Waals surface area contributed by atoms with Crippen LogP contribution in [0.15, 0.2) is 23.6 Å². The number of hydrogen-bond acceptors (Lipinski definition) is 4. The zero-order valence-corrected chi connectivity index (χ0v) is 13.3. The van der Waals surface area contributed by atoms with Crippen molar-refractivity contribution < 1.29 is 9.53 Å². The first-order valence-electron chi connectivity index (χ1n) is 6.76. The van der Waals surface area contributed by atoms with Gasteiger partial charge >= 0.3 is 0 Å². The summed E-state index contributed by atoms with van der Waals surface area (Å²) < 4.78 is 4.94. The smallest absolute Gasteiger partial charge is 0.254 e. The molecule has 0 spiro atoms. The highest BCUT2D eigenvalue weighted by Gasteiger charge is 2.18. The maximum atomic E-state index is 12.3. The van der Waals surface area contributed by atoms with Crippen molar-refractivity contribution in [1.82, 2.24) is 5.32 Å². The van der Waals surface area contributed by atoms with Crippen molar-refractivity contribution in [3.05, 3.63) is 40.3 Å². The molecule has 2 rings (SSSR count). The molecule has 5 heteroatoms. The van der Waals surface area contributed by atoms with Crippen LogP contribution in [-0.2, 0) is 4.74 Å². The monoisotopic (exact) mass is 304 g/mol. The van der Waals surface area contributed by atoms with E-state index in [4.69, 9.17) is 10.5 Å². The fourth-order valence-electron chi connectivity index (χ4n) is 2.08. The quantitative estimate of drug-likeness (QED) is 0.835. The van der Waals surface area contributed by atoms with Crippen molar-refractivity contribution in [2.45, 2.75) is 13.8 Å². The molecule has 2 aromatic rings. The van der Waals surface area contributed by atoms with Gasteiger partial charge in [0.2, 0.25) is 0 Å². The highest BCUT2D eigenvalue weighted by Crippen LogP contribution is 2.34. The number of carbonyl (C=O) groups is 1. The van der Waals surface area contributed by atoms with Crippen LogP contribution in [0.2, 0.25) is 0 Å². The molecule has 0 aliphatic heterocycles. The lowest BCUT2D eigenvalue weighted by atomic mass is 9.99. The Hall–Kier alpha value is -1.85. The lowest BCUT2D eigenvalue weighted by molar-refractivity contribution is 0.0939. The number of benzene rings is 1.